The Hall–Kier alpha value is -1.55. The van der Waals surface area contributed by atoms with Crippen LogP contribution in [0, 0.1) is 0 Å². The lowest BCUT2D eigenvalue weighted by molar-refractivity contribution is -0.130. The quantitative estimate of drug-likeness (QED) is 0.882. The summed E-state index contributed by atoms with van der Waals surface area (Å²) in [4.78, 5) is 13.3. The zero-order chi connectivity index (χ0) is 14.6. The van der Waals surface area contributed by atoms with Gasteiger partial charge in [-0.25, -0.2) is 0 Å². The highest BCUT2D eigenvalue weighted by atomic mass is 16.5. The van der Waals surface area contributed by atoms with Gasteiger partial charge >= 0.3 is 0 Å². The van der Waals surface area contributed by atoms with Crippen molar-refractivity contribution in [3.05, 3.63) is 29.3 Å². The average Bonchev–Trinajstić information content (AvgIpc) is 2.37. The van der Waals surface area contributed by atoms with Gasteiger partial charge in [0.25, 0.3) is 0 Å². The Balaban J connectivity index is 2.91. The van der Waals surface area contributed by atoms with Crippen molar-refractivity contribution < 1.29 is 9.53 Å². The first-order valence-electron chi connectivity index (χ1n) is 6.50. The first kappa shape index (κ1) is 15.5. The SMILES string of the molecule is COc1ccc(CC(N)C(=O)N(C)C)cc1C(C)C. The van der Waals surface area contributed by atoms with E-state index >= 15 is 0 Å². The maximum absolute atomic E-state index is 11.8. The number of benzene rings is 1. The van der Waals surface area contributed by atoms with Crippen LogP contribution in [-0.2, 0) is 11.2 Å². The summed E-state index contributed by atoms with van der Waals surface area (Å²) in [6.07, 6.45) is 0.542. The average molecular weight is 264 g/mol. The van der Waals surface area contributed by atoms with E-state index in [-0.39, 0.29) is 5.91 Å². The highest BCUT2D eigenvalue weighted by Gasteiger charge is 2.17. The molecule has 106 valence electrons. The second-order valence-electron chi connectivity index (χ2n) is 5.27. The van der Waals surface area contributed by atoms with E-state index in [1.54, 1.807) is 21.2 Å². The Morgan fingerprint density at radius 1 is 1.37 bits per heavy atom. The van der Waals surface area contributed by atoms with Gasteiger partial charge < -0.3 is 15.4 Å². The van der Waals surface area contributed by atoms with Crippen LogP contribution >= 0.6 is 0 Å². The van der Waals surface area contributed by atoms with Crippen molar-refractivity contribution in [1.29, 1.82) is 0 Å². The second kappa shape index (κ2) is 6.57. The van der Waals surface area contributed by atoms with Crippen LogP contribution in [0.25, 0.3) is 0 Å². The molecule has 0 saturated heterocycles. The molecule has 0 aliphatic rings. The summed E-state index contributed by atoms with van der Waals surface area (Å²) in [5.74, 6) is 1.20. The normalized spacial score (nSPS) is 12.4. The summed E-state index contributed by atoms with van der Waals surface area (Å²) < 4.78 is 5.35. The van der Waals surface area contributed by atoms with Crippen molar-refractivity contribution in [2.45, 2.75) is 32.2 Å². The summed E-state index contributed by atoms with van der Waals surface area (Å²) in [7, 11) is 5.10. The van der Waals surface area contributed by atoms with Crippen LogP contribution in [0.4, 0.5) is 0 Å². The predicted molar refractivity (Wildman–Crippen MR) is 77.5 cm³/mol. The molecule has 4 nitrogen and oxygen atoms in total. The molecule has 0 aliphatic carbocycles. The highest BCUT2D eigenvalue weighted by molar-refractivity contribution is 5.81. The molecule has 2 N–H and O–H groups in total. The van der Waals surface area contributed by atoms with E-state index in [0.717, 1.165) is 16.9 Å². The Morgan fingerprint density at radius 3 is 2.47 bits per heavy atom. The minimum absolute atomic E-state index is 0.0538. The molecule has 0 saturated carbocycles. The zero-order valence-electron chi connectivity index (χ0n) is 12.4. The molecule has 1 amide bonds. The summed E-state index contributed by atoms with van der Waals surface area (Å²) in [6, 6.07) is 5.49. The molecule has 0 fully saturated rings. The number of nitrogens with zero attached hydrogens (tertiary/aromatic N) is 1. The molecule has 1 aromatic carbocycles. The molecule has 0 heterocycles. The van der Waals surface area contributed by atoms with E-state index < -0.39 is 6.04 Å². The fourth-order valence-electron chi connectivity index (χ4n) is 2.03. The number of carbonyl (C=O) groups is 1. The molecule has 0 spiro atoms. The molecular formula is C15H24N2O2. The van der Waals surface area contributed by atoms with E-state index in [4.69, 9.17) is 10.5 Å². The van der Waals surface area contributed by atoms with E-state index in [1.165, 1.54) is 4.90 Å². The summed E-state index contributed by atoms with van der Waals surface area (Å²) >= 11 is 0. The van der Waals surface area contributed by atoms with Gasteiger partial charge in [0.15, 0.2) is 0 Å². The minimum Gasteiger partial charge on any atom is -0.496 e. The molecule has 0 bridgehead atoms. The minimum atomic E-state index is -0.497. The molecule has 19 heavy (non-hydrogen) atoms. The molecule has 0 aromatic heterocycles. The van der Waals surface area contributed by atoms with Gasteiger partial charge in [-0.15, -0.1) is 0 Å². The number of amides is 1. The fourth-order valence-corrected chi connectivity index (χ4v) is 2.03. The van der Waals surface area contributed by atoms with E-state index in [1.807, 2.05) is 12.1 Å². The zero-order valence-corrected chi connectivity index (χ0v) is 12.4. The Morgan fingerprint density at radius 2 is 2.00 bits per heavy atom. The number of carbonyl (C=O) groups excluding carboxylic acids is 1. The van der Waals surface area contributed by atoms with Crippen molar-refractivity contribution >= 4 is 5.91 Å². The van der Waals surface area contributed by atoms with Gasteiger partial charge in [-0.1, -0.05) is 26.0 Å². The van der Waals surface area contributed by atoms with Gasteiger partial charge in [0.2, 0.25) is 5.91 Å². The standard InChI is InChI=1S/C15H24N2O2/c1-10(2)12-8-11(6-7-14(12)19-5)9-13(16)15(18)17(3)4/h6-8,10,13H,9,16H2,1-5H3. The van der Waals surface area contributed by atoms with Crippen LogP contribution in [0.5, 0.6) is 5.75 Å². The van der Waals surface area contributed by atoms with Crippen molar-refractivity contribution in [3.63, 3.8) is 0 Å². The molecule has 1 rings (SSSR count). The topological polar surface area (TPSA) is 55.6 Å². The predicted octanol–water partition coefficient (Wildman–Crippen LogP) is 1.78. The summed E-state index contributed by atoms with van der Waals surface area (Å²) in [5, 5.41) is 0. The highest BCUT2D eigenvalue weighted by Crippen LogP contribution is 2.27. The van der Waals surface area contributed by atoms with Gasteiger partial charge in [0.1, 0.15) is 5.75 Å². The Labute approximate surface area is 115 Å². The number of ether oxygens (including phenoxy) is 1. The number of nitrogens with two attached hydrogens (primary N) is 1. The molecule has 4 heteroatoms. The maximum atomic E-state index is 11.8. The third-order valence-electron chi connectivity index (χ3n) is 3.13. The molecular weight excluding hydrogens is 240 g/mol. The van der Waals surface area contributed by atoms with Crippen molar-refractivity contribution in [3.8, 4) is 5.75 Å². The molecule has 1 unspecified atom stereocenters. The van der Waals surface area contributed by atoms with Crippen molar-refractivity contribution in [2.75, 3.05) is 21.2 Å². The first-order valence-corrected chi connectivity index (χ1v) is 6.50. The van der Waals surface area contributed by atoms with Gasteiger partial charge in [-0.3, -0.25) is 4.79 Å². The lowest BCUT2D eigenvalue weighted by Crippen LogP contribution is -2.41. The molecule has 1 aromatic rings. The van der Waals surface area contributed by atoms with Crippen LogP contribution in [0.2, 0.25) is 0 Å². The first-order chi connectivity index (χ1) is 8.86. The fraction of sp³-hybridized carbons (Fsp3) is 0.533. The van der Waals surface area contributed by atoms with Gasteiger partial charge in [0, 0.05) is 14.1 Å². The monoisotopic (exact) mass is 264 g/mol. The largest absolute Gasteiger partial charge is 0.496 e. The van der Waals surface area contributed by atoms with E-state index in [9.17, 15) is 4.79 Å². The number of methoxy groups -OCH3 is 1. The van der Waals surface area contributed by atoms with Crippen LogP contribution in [0.1, 0.15) is 30.9 Å². The van der Waals surface area contributed by atoms with Crippen LogP contribution < -0.4 is 10.5 Å². The van der Waals surface area contributed by atoms with Gasteiger partial charge in [-0.05, 0) is 29.5 Å². The Bertz CT molecular complexity index is 442. The van der Waals surface area contributed by atoms with Crippen molar-refractivity contribution in [2.24, 2.45) is 5.73 Å². The van der Waals surface area contributed by atoms with Gasteiger partial charge in [0.05, 0.1) is 13.2 Å². The number of hydrogen-bond acceptors (Lipinski definition) is 3. The van der Waals surface area contributed by atoms with Crippen LogP contribution in [0.3, 0.4) is 0 Å². The summed E-state index contributed by atoms with van der Waals surface area (Å²) in [6.45, 7) is 4.24. The summed E-state index contributed by atoms with van der Waals surface area (Å²) in [5.41, 5.74) is 8.13. The Kier molecular flexibility index (Phi) is 5.36. The third kappa shape index (κ3) is 3.96. The number of likely N-dealkylation sites (N-methyl/N-ethyl adjacent to an activating group) is 1. The third-order valence-corrected chi connectivity index (χ3v) is 3.13. The molecule has 1 atom stereocenters. The lowest BCUT2D eigenvalue weighted by Gasteiger charge is -2.18. The molecule has 0 radical (unpaired) electrons. The molecule has 0 aliphatic heterocycles. The van der Waals surface area contributed by atoms with E-state index in [0.29, 0.717) is 12.3 Å². The number of hydrogen-bond donors (Lipinski definition) is 1. The smallest absolute Gasteiger partial charge is 0.239 e. The van der Waals surface area contributed by atoms with Crippen molar-refractivity contribution in [1.82, 2.24) is 4.90 Å². The van der Waals surface area contributed by atoms with Crippen LogP contribution in [0.15, 0.2) is 18.2 Å². The van der Waals surface area contributed by atoms with E-state index in [2.05, 4.69) is 19.9 Å². The maximum Gasteiger partial charge on any atom is 0.239 e. The van der Waals surface area contributed by atoms with Gasteiger partial charge in [-0.2, -0.15) is 0 Å². The second-order valence-corrected chi connectivity index (χ2v) is 5.27. The lowest BCUT2D eigenvalue weighted by atomic mass is 9.96. The van der Waals surface area contributed by atoms with Crippen LogP contribution in [-0.4, -0.2) is 38.1 Å². The number of rotatable bonds is 5.